The summed E-state index contributed by atoms with van der Waals surface area (Å²) in [5.74, 6) is 2.42. The molecule has 5 rings (SSSR count). The van der Waals surface area contributed by atoms with Crippen LogP contribution in [0.1, 0.15) is 0 Å². The lowest BCUT2D eigenvalue weighted by Gasteiger charge is -2.29. The highest BCUT2D eigenvalue weighted by molar-refractivity contribution is 7.92. The zero-order valence-electron chi connectivity index (χ0n) is 19.7. The van der Waals surface area contributed by atoms with Gasteiger partial charge in [0, 0.05) is 11.8 Å². The van der Waals surface area contributed by atoms with Crippen molar-refractivity contribution in [2.45, 2.75) is 0 Å². The summed E-state index contributed by atoms with van der Waals surface area (Å²) in [6, 6.07) is 56.0. The van der Waals surface area contributed by atoms with Gasteiger partial charge in [-0.1, -0.05) is 160 Å². The SMILES string of the molecule is c1ccc(P(CP(c2ccccc2)c2ccccc2)CP(c2ccccc2)c2ccccc2)cc1. The molecular weight excluding hydrogens is 477 g/mol. The topological polar surface area (TPSA) is 0 Å². The Morgan fingerprint density at radius 2 is 0.514 bits per heavy atom. The molecule has 0 N–H and O–H groups in total. The number of benzene rings is 5. The van der Waals surface area contributed by atoms with Crippen LogP contribution in [0, 0.1) is 0 Å². The van der Waals surface area contributed by atoms with Crippen LogP contribution in [-0.4, -0.2) is 11.8 Å². The zero-order valence-corrected chi connectivity index (χ0v) is 22.4. The van der Waals surface area contributed by atoms with Crippen molar-refractivity contribution in [2.24, 2.45) is 0 Å². The zero-order chi connectivity index (χ0) is 23.7. The van der Waals surface area contributed by atoms with Crippen LogP contribution in [0.2, 0.25) is 0 Å². The van der Waals surface area contributed by atoms with E-state index in [1.165, 1.54) is 38.3 Å². The number of hydrogen-bond acceptors (Lipinski definition) is 0. The molecule has 5 aromatic carbocycles. The Hall–Kier alpha value is -2.61. The molecule has 0 unspecified atom stereocenters. The second-order valence-electron chi connectivity index (χ2n) is 8.36. The first-order chi connectivity index (χ1) is 17.4. The summed E-state index contributed by atoms with van der Waals surface area (Å²) < 4.78 is 0. The van der Waals surface area contributed by atoms with Crippen LogP contribution < -0.4 is 26.5 Å². The van der Waals surface area contributed by atoms with Crippen LogP contribution in [0.5, 0.6) is 0 Å². The average molecular weight is 507 g/mol. The lowest BCUT2D eigenvalue weighted by Crippen LogP contribution is -2.19. The Bertz CT molecular complexity index is 1110. The standard InChI is InChI=1S/C32H29P3/c1-6-16-28(17-7-1)33(26-34(29-18-8-2-9-19-29)30-20-10-3-11-21-30)27-35(31-22-12-4-13-23-31)32-24-14-5-15-25-32/h1-25H,26-27H2. The maximum absolute atomic E-state index is 2.36. The van der Waals surface area contributed by atoms with Gasteiger partial charge in [-0.15, -0.1) is 0 Å². The molecule has 0 heterocycles. The monoisotopic (exact) mass is 506 g/mol. The summed E-state index contributed by atoms with van der Waals surface area (Å²) in [6.07, 6.45) is 0. The van der Waals surface area contributed by atoms with Gasteiger partial charge < -0.3 is 0 Å². The van der Waals surface area contributed by atoms with Gasteiger partial charge in [-0.3, -0.25) is 0 Å². The van der Waals surface area contributed by atoms with E-state index < -0.39 is 15.8 Å². The first-order valence-electron chi connectivity index (χ1n) is 11.9. The largest absolute Gasteiger partial charge is 0.0653 e. The van der Waals surface area contributed by atoms with E-state index in [4.69, 9.17) is 0 Å². The van der Waals surface area contributed by atoms with Gasteiger partial charge in [-0.05, 0) is 42.4 Å². The summed E-state index contributed by atoms with van der Waals surface area (Å²) in [5.41, 5.74) is 0. The van der Waals surface area contributed by atoms with Gasteiger partial charge in [0.05, 0.1) is 0 Å². The van der Waals surface area contributed by atoms with Crippen LogP contribution in [0.4, 0.5) is 0 Å². The molecule has 0 amide bonds. The first-order valence-corrected chi connectivity index (χ1v) is 16.7. The molecule has 0 aliphatic carbocycles. The molecule has 35 heavy (non-hydrogen) atoms. The predicted molar refractivity (Wildman–Crippen MR) is 161 cm³/mol. The van der Waals surface area contributed by atoms with Gasteiger partial charge in [-0.25, -0.2) is 0 Å². The summed E-state index contributed by atoms with van der Waals surface area (Å²) in [5, 5.41) is 7.41. The molecule has 0 saturated heterocycles. The quantitative estimate of drug-likeness (QED) is 0.189. The van der Waals surface area contributed by atoms with E-state index >= 15 is 0 Å². The van der Waals surface area contributed by atoms with E-state index in [0.717, 1.165) is 0 Å². The van der Waals surface area contributed by atoms with Gasteiger partial charge in [-0.2, -0.15) is 0 Å². The fourth-order valence-corrected chi connectivity index (χ4v) is 15.4. The third kappa shape index (κ3) is 6.34. The van der Waals surface area contributed by atoms with E-state index in [9.17, 15) is 0 Å². The maximum atomic E-state index is 2.36. The van der Waals surface area contributed by atoms with E-state index in [-0.39, 0.29) is 7.92 Å². The van der Waals surface area contributed by atoms with Crippen molar-refractivity contribution in [3.05, 3.63) is 152 Å². The van der Waals surface area contributed by atoms with Crippen LogP contribution in [-0.2, 0) is 0 Å². The van der Waals surface area contributed by atoms with Crippen molar-refractivity contribution in [3.8, 4) is 0 Å². The highest BCUT2D eigenvalue weighted by atomic mass is 31.2. The molecule has 3 heteroatoms. The van der Waals surface area contributed by atoms with Crippen molar-refractivity contribution < 1.29 is 0 Å². The second-order valence-corrected chi connectivity index (χ2v) is 16.0. The first kappa shape index (κ1) is 24.1. The van der Waals surface area contributed by atoms with Crippen LogP contribution >= 0.6 is 23.8 Å². The Labute approximate surface area is 213 Å². The molecule has 0 fully saturated rings. The van der Waals surface area contributed by atoms with Gasteiger partial charge in [0.25, 0.3) is 0 Å². The van der Waals surface area contributed by atoms with Crippen molar-refractivity contribution in [3.63, 3.8) is 0 Å². The smallest absolute Gasteiger partial charge is 0.000369 e. The normalized spacial score (nSPS) is 11.3. The minimum Gasteiger partial charge on any atom is -0.0653 e. The number of hydrogen-bond donors (Lipinski definition) is 0. The summed E-state index contributed by atoms with van der Waals surface area (Å²) in [7, 11) is -1.26. The Morgan fingerprint density at radius 3 is 0.771 bits per heavy atom. The van der Waals surface area contributed by atoms with Crippen molar-refractivity contribution in [1.82, 2.24) is 0 Å². The Morgan fingerprint density at radius 1 is 0.286 bits per heavy atom. The van der Waals surface area contributed by atoms with Crippen LogP contribution in [0.15, 0.2) is 152 Å². The molecule has 0 aliphatic rings. The van der Waals surface area contributed by atoms with E-state index in [2.05, 4.69) is 152 Å². The summed E-state index contributed by atoms with van der Waals surface area (Å²) in [6.45, 7) is 0. The van der Waals surface area contributed by atoms with E-state index in [0.29, 0.717) is 0 Å². The lowest BCUT2D eigenvalue weighted by atomic mass is 10.4. The van der Waals surface area contributed by atoms with Gasteiger partial charge in [0.15, 0.2) is 0 Å². The third-order valence-corrected chi connectivity index (χ3v) is 15.7. The lowest BCUT2D eigenvalue weighted by molar-refractivity contribution is 1.73. The molecular formula is C32H29P3. The van der Waals surface area contributed by atoms with Crippen molar-refractivity contribution in [2.75, 3.05) is 11.8 Å². The fourth-order valence-electron chi connectivity index (χ4n) is 4.24. The van der Waals surface area contributed by atoms with Crippen molar-refractivity contribution in [1.29, 1.82) is 0 Å². The third-order valence-electron chi connectivity index (χ3n) is 6.02. The molecule has 0 bridgehead atoms. The van der Waals surface area contributed by atoms with E-state index in [1.807, 2.05) is 0 Å². The molecule has 5 aromatic rings. The minimum absolute atomic E-state index is 0.371. The molecule has 0 aliphatic heterocycles. The van der Waals surface area contributed by atoms with Gasteiger partial charge >= 0.3 is 0 Å². The highest BCUT2D eigenvalue weighted by Crippen LogP contribution is 2.55. The molecule has 0 radical (unpaired) electrons. The minimum atomic E-state index is -0.443. The van der Waals surface area contributed by atoms with Crippen LogP contribution in [0.3, 0.4) is 0 Å². The molecule has 0 saturated carbocycles. The molecule has 0 atom stereocenters. The molecule has 0 nitrogen and oxygen atoms in total. The number of rotatable bonds is 9. The average Bonchev–Trinajstić information content (AvgIpc) is 2.95. The Kier molecular flexibility index (Phi) is 8.53. The van der Waals surface area contributed by atoms with E-state index in [1.54, 1.807) is 0 Å². The second kappa shape index (κ2) is 12.4. The van der Waals surface area contributed by atoms with Crippen LogP contribution in [0.25, 0.3) is 0 Å². The molecule has 0 spiro atoms. The predicted octanol–water partition coefficient (Wildman–Crippen LogP) is 6.97. The molecule has 172 valence electrons. The fraction of sp³-hybridized carbons (Fsp3) is 0.0625. The summed E-state index contributed by atoms with van der Waals surface area (Å²) in [4.78, 5) is 0. The van der Waals surface area contributed by atoms with Gasteiger partial charge in [0.1, 0.15) is 0 Å². The maximum Gasteiger partial charge on any atom is 0.000369 e. The Balaban J connectivity index is 1.55. The highest BCUT2D eigenvalue weighted by Gasteiger charge is 2.25. The van der Waals surface area contributed by atoms with Crippen molar-refractivity contribution >= 4 is 50.3 Å². The van der Waals surface area contributed by atoms with Gasteiger partial charge in [0.2, 0.25) is 0 Å². The summed E-state index contributed by atoms with van der Waals surface area (Å²) >= 11 is 0. The molecule has 0 aromatic heterocycles.